The highest BCUT2D eigenvalue weighted by Crippen LogP contribution is 2.27. The molecule has 2 atom stereocenters. The summed E-state index contributed by atoms with van der Waals surface area (Å²) >= 11 is 0. The van der Waals surface area contributed by atoms with Crippen LogP contribution in [0.4, 0.5) is 0 Å². The molecule has 0 aromatic carbocycles. The molecular formula is C7H15NO2. The van der Waals surface area contributed by atoms with Crippen LogP contribution in [-0.4, -0.2) is 32.0 Å². The van der Waals surface area contributed by atoms with Crippen molar-refractivity contribution < 1.29 is 9.47 Å². The molecule has 2 unspecified atom stereocenters. The highest BCUT2D eigenvalue weighted by molar-refractivity contribution is 4.92. The first-order valence-corrected chi connectivity index (χ1v) is 3.62. The lowest BCUT2D eigenvalue weighted by Crippen LogP contribution is -2.45. The molecule has 0 aliphatic carbocycles. The Morgan fingerprint density at radius 3 is 2.70 bits per heavy atom. The second kappa shape index (κ2) is 2.86. The van der Waals surface area contributed by atoms with Crippen LogP contribution < -0.4 is 5.73 Å². The van der Waals surface area contributed by atoms with Crippen LogP contribution in [0.1, 0.15) is 13.3 Å². The van der Waals surface area contributed by atoms with Crippen molar-refractivity contribution >= 4 is 0 Å². The topological polar surface area (TPSA) is 44.5 Å². The maximum Gasteiger partial charge on any atom is 0.108 e. The summed E-state index contributed by atoms with van der Waals surface area (Å²) < 4.78 is 10.7. The normalized spacial score (nSPS) is 40.5. The lowest BCUT2D eigenvalue weighted by molar-refractivity contribution is -0.0528. The highest BCUT2D eigenvalue weighted by Gasteiger charge is 2.40. The Labute approximate surface area is 61.5 Å². The molecule has 0 amide bonds. The lowest BCUT2D eigenvalue weighted by Gasteiger charge is -2.28. The lowest BCUT2D eigenvalue weighted by atomic mass is 9.97. The molecule has 0 saturated carbocycles. The SMILES string of the molecule is COC1(CN)CCOC1C. The van der Waals surface area contributed by atoms with E-state index in [-0.39, 0.29) is 11.7 Å². The summed E-state index contributed by atoms with van der Waals surface area (Å²) in [5.74, 6) is 0. The van der Waals surface area contributed by atoms with Crippen molar-refractivity contribution in [1.29, 1.82) is 0 Å². The van der Waals surface area contributed by atoms with Crippen LogP contribution in [0.3, 0.4) is 0 Å². The first kappa shape index (κ1) is 7.98. The van der Waals surface area contributed by atoms with Crippen molar-refractivity contribution in [3.05, 3.63) is 0 Å². The molecule has 3 heteroatoms. The minimum Gasteiger partial charge on any atom is -0.375 e. The van der Waals surface area contributed by atoms with Crippen LogP contribution in [-0.2, 0) is 9.47 Å². The number of methoxy groups -OCH3 is 1. The number of nitrogens with two attached hydrogens (primary N) is 1. The van der Waals surface area contributed by atoms with Crippen LogP contribution in [0.25, 0.3) is 0 Å². The molecule has 1 saturated heterocycles. The smallest absolute Gasteiger partial charge is 0.108 e. The van der Waals surface area contributed by atoms with Gasteiger partial charge in [0.1, 0.15) is 5.60 Å². The minimum atomic E-state index is -0.208. The molecule has 1 heterocycles. The van der Waals surface area contributed by atoms with Gasteiger partial charge in [-0.1, -0.05) is 0 Å². The Hall–Kier alpha value is -0.120. The molecule has 0 aromatic rings. The van der Waals surface area contributed by atoms with Gasteiger partial charge in [0.2, 0.25) is 0 Å². The Bertz CT molecular complexity index is 112. The average Bonchev–Trinajstić information content (AvgIpc) is 2.32. The summed E-state index contributed by atoms with van der Waals surface area (Å²) in [4.78, 5) is 0. The fourth-order valence-electron chi connectivity index (χ4n) is 1.38. The van der Waals surface area contributed by atoms with Gasteiger partial charge in [-0.2, -0.15) is 0 Å². The van der Waals surface area contributed by atoms with Crippen LogP contribution in [0.15, 0.2) is 0 Å². The maximum atomic E-state index is 5.56. The molecular weight excluding hydrogens is 130 g/mol. The monoisotopic (exact) mass is 145 g/mol. The van der Waals surface area contributed by atoms with Crippen LogP contribution in [0.5, 0.6) is 0 Å². The zero-order valence-corrected chi connectivity index (χ0v) is 6.59. The third-order valence-corrected chi connectivity index (χ3v) is 2.39. The van der Waals surface area contributed by atoms with Gasteiger partial charge in [-0.3, -0.25) is 0 Å². The average molecular weight is 145 g/mol. The van der Waals surface area contributed by atoms with E-state index in [9.17, 15) is 0 Å². The van der Waals surface area contributed by atoms with Gasteiger partial charge in [0.25, 0.3) is 0 Å². The third kappa shape index (κ3) is 1.05. The van der Waals surface area contributed by atoms with Crippen molar-refractivity contribution in [1.82, 2.24) is 0 Å². The van der Waals surface area contributed by atoms with E-state index in [1.165, 1.54) is 0 Å². The molecule has 1 aliphatic heterocycles. The molecule has 0 spiro atoms. The summed E-state index contributed by atoms with van der Waals surface area (Å²) in [6.07, 6.45) is 1.06. The highest BCUT2D eigenvalue weighted by atomic mass is 16.6. The van der Waals surface area contributed by atoms with E-state index in [0.717, 1.165) is 13.0 Å². The van der Waals surface area contributed by atoms with Gasteiger partial charge in [0, 0.05) is 26.7 Å². The molecule has 60 valence electrons. The predicted octanol–water partition coefficient (Wildman–Crippen LogP) is 0.139. The van der Waals surface area contributed by atoms with Gasteiger partial charge < -0.3 is 15.2 Å². The quantitative estimate of drug-likeness (QED) is 0.601. The molecule has 3 nitrogen and oxygen atoms in total. The Morgan fingerprint density at radius 2 is 2.50 bits per heavy atom. The van der Waals surface area contributed by atoms with E-state index in [0.29, 0.717) is 6.54 Å². The number of hydrogen-bond acceptors (Lipinski definition) is 3. The molecule has 1 rings (SSSR count). The predicted molar refractivity (Wildman–Crippen MR) is 38.8 cm³/mol. The van der Waals surface area contributed by atoms with E-state index in [2.05, 4.69) is 0 Å². The largest absolute Gasteiger partial charge is 0.375 e. The molecule has 0 aromatic heterocycles. The standard InChI is InChI=1S/C7H15NO2/c1-6-7(5-8,9-2)3-4-10-6/h6H,3-5,8H2,1-2H3. The summed E-state index contributed by atoms with van der Waals surface area (Å²) in [5.41, 5.74) is 5.36. The van der Waals surface area contributed by atoms with Crippen LogP contribution in [0.2, 0.25) is 0 Å². The second-order valence-corrected chi connectivity index (χ2v) is 2.74. The van der Waals surface area contributed by atoms with Crippen molar-refractivity contribution in [2.24, 2.45) is 5.73 Å². The zero-order valence-electron chi connectivity index (χ0n) is 6.59. The van der Waals surface area contributed by atoms with E-state index in [1.54, 1.807) is 7.11 Å². The maximum absolute atomic E-state index is 5.56. The summed E-state index contributed by atoms with van der Waals surface area (Å²) in [6, 6.07) is 0. The van der Waals surface area contributed by atoms with Gasteiger partial charge >= 0.3 is 0 Å². The molecule has 10 heavy (non-hydrogen) atoms. The van der Waals surface area contributed by atoms with Gasteiger partial charge in [0.15, 0.2) is 0 Å². The fraction of sp³-hybridized carbons (Fsp3) is 1.00. The van der Waals surface area contributed by atoms with Gasteiger partial charge in [-0.15, -0.1) is 0 Å². The van der Waals surface area contributed by atoms with Gasteiger partial charge in [-0.05, 0) is 6.92 Å². The molecule has 1 fully saturated rings. The van der Waals surface area contributed by atoms with Gasteiger partial charge in [-0.25, -0.2) is 0 Å². The molecule has 2 N–H and O–H groups in total. The Balaban J connectivity index is 2.61. The zero-order chi connectivity index (χ0) is 7.61. The summed E-state index contributed by atoms with van der Waals surface area (Å²) in [7, 11) is 1.69. The first-order valence-electron chi connectivity index (χ1n) is 3.62. The van der Waals surface area contributed by atoms with Crippen LogP contribution in [0, 0.1) is 0 Å². The van der Waals surface area contributed by atoms with Crippen molar-refractivity contribution in [3.8, 4) is 0 Å². The third-order valence-electron chi connectivity index (χ3n) is 2.39. The van der Waals surface area contributed by atoms with E-state index < -0.39 is 0 Å². The summed E-state index contributed by atoms with van der Waals surface area (Å²) in [5, 5.41) is 0. The first-order chi connectivity index (χ1) is 4.75. The van der Waals surface area contributed by atoms with E-state index in [1.807, 2.05) is 6.92 Å². The van der Waals surface area contributed by atoms with Crippen molar-refractivity contribution in [2.45, 2.75) is 25.0 Å². The Kier molecular flexibility index (Phi) is 2.28. The second-order valence-electron chi connectivity index (χ2n) is 2.74. The number of rotatable bonds is 2. The number of ether oxygens (including phenoxy) is 2. The number of hydrogen-bond donors (Lipinski definition) is 1. The van der Waals surface area contributed by atoms with Crippen molar-refractivity contribution in [2.75, 3.05) is 20.3 Å². The molecule has 0 radical (unpaired) electrons. The molecule has 0 bridgehead atoms. The molecule has 1 aliphatic rings. The Morgan fingerprint density at radius 1 is 1.80 bits per heavy atom. The summed E-state index contributed by atoms with van der Waals surface area (Å²) in [6.45, 7) is 3.32. The van der Waals surface area contributed by atoms with Crippen LogP contribution >= 0.6 is 0 Å². The fourth-order valence-corrected chi connectivity index (χ4v) is 1.38. The van der Waals surface area contributed by atoms with E-state index >= 15 is 0 Å². The van der Waals surface area contributed by atoms with Crippen molar-refractivity contribution in [3.63, 3.8) is 0 Å². The minimum absolute atomic E-state index is 0.141. The van der Waals surface area contributed by atoms with Gasteiger partial charge in [0.05, 0.1) is 6.10 Å². The van der Waals surface area contributed by atoms with E-state index in [4.69, 9.17) is 15.2 Å².